The number of amides is 1. The van der Waals surface area contributed by atoms with Crippen molar-refractivity contribution in [2.24, 2.45) is 0 Å². The first kappa shape index (κ1) is 19.9. The van der Waals surface area contributed by atoms with Crippen LogP contribution in [0.3, 0.4) is 0 Å². The molecule has 5 nitrogen and oxygen atoms in total. The van der Waals surface area contributed by atoms with Gasteiger partial charge in [0, 0.05) is 23.7 Å². The van der Waals surface area contributed by atoms with E-state index in [1.807, 2.05) is 60.7 Å². The molecule has 1 amide bonds. The van der Waals surface area contributed by atoms with Gasteiger partial charge in [0.1, 0.15) is 17.5 Å². The number of pyridine rings is 1. The fourth-order valence-electron chi connectivity index (χ4n) is 3.46. The Morgan fingerprint density at radius 2 is 1.45 bits per heavy atom. The molecule has 3 aromatic carbocycles. The van der Waals surface area contributed by atoms with Crippen molar-refractivity contribution in [1.82, 2.24) is 4.98 Å². The second-order valence-electron chi connectivity index (χ2n) is 7.13. The smallest absolute Gasteiger partial charge is 0.221 e. The summed E-state index contributed by atoms with van der Waals surface area (Å²) in [6, 6.07) is 29.6. The summed E-state index contributed by atoms with van der Waals surface area (Å²) < 4.78 is 0. The number of hydrogen-bond donors (Lipinski definition) is 2. The van der Waals surface area contributed by atoms with E-state index in [0.29, 0.717) is 22.5 Å². The van der Waals surface area contributed by atoms with Crippen molar-refractivity contribution in [2.75, 3.05) is 11.1 Å². The molecule has 0 aliphatic carbocycles. The number of carbonyl (C=O) groups excluding carboxylic acids is 1. The molecule has 4 rings (SSSR count). The predicted octanol–water partition coefficient (Wildman–Crippen LogP) is 5.49. The van der Waals surface area contributed by atoms with Crippen LogP contribution in [0.1, 0.15) is 12.5 Å². The zero-order chi connectivity index (χ0) is 21.8. The number of benzene rings is 3. The van der Waals surface area contributed by atoms with Crippen LogP contribution in [-0.2, 0) is 4.79 Å². The van der Waals surface area contributed by atoms with Crippen LogP contribution in [0.5, 0.6) is 0 Å². The quantitative estimate of drug-likeness (QED) is 0.470. The second kappa shape index (κ2) is 8.52. The van der Waals surface area contributed by atoms with Crippen molar-refractivity contribution in [2.45, 2.75) is 6.92 Å². The number of nitrogen functional groups attached to an aromatic ring is 1. The number of anilines is 2. The molecule has 3 N–H and O–H groups in total. The Hall–Kier alpha value is -4.43. The first-order valence-electron chi connectivity index (χ1n) is 9.79. The van der Waals surface area contributed by atoms with Crippen LogP contribution in [-0.4, -0.2) is 10.9 Å². The minimum atomic E-state index is -0.139. The van der Waals surface area contributed by atoms with E-state index in [1.54, 1.807) is 12.1 Å². The number of aromatic nitrogens is 1. The Labute approximate surface area is 180 Å². The van der Waals surface area contributed by atoms with Crippen LogP contribution in [0.4, 0.5) is 11.5 Å². The van der Waals surface area contributed by atoms with E-state index >= 15 is 0 Å². The molecular weight excluding hydrogens is 384 g/mol. The van der Waals surface area contributed by atoms with Gasteiger partial charge in [-0.1, -0.05) is 66.7 Å². The fourth-order valence-corrected chi connectivity index (χ4v) is 3.46. The van der Waals surface area contributed by atoms with E-state index in [2.05, 4.69) is 28.5 Å². The summed E-state index contributed by atoms with van der Waals surface area (Å²) in [7, 11) is 0. The Balaban J connectivity index is 1.73. The molecule has 0 aliphatic heterocycles. The Morgan fingerprint density at radius 3 is 2.06 bits per heavy atom. The summed E-state index contributed by atoms with van der Waals surface area (Å²) in [4.78, 5) is 15.7. The first-order valence-corrected chi connectivity index (χ1v) is 9.79. The third-order valence-electron chi connectivity index (χ3n) is 4.96. The predicted molar refractivity (Wildman–Crippen MR) is 124 cm³/mol. The van der Waals surface area contributed by atoms with Gasteiger partial charge < -0.3 is 11.1 Å². The molecule has 1 aromatic heterocycles. The average Bonchev–Trinajstić information content (AvgIpc) is 2.79. The Bertz CT molecular complexity index is 1270. The highest BCUT2D eigenvalue weighted by Gasteiger charge is 2.14. The van der Waals surface area contributed by atoms with E-state index in [4.69, 9.17) is 5.73 Å². The molecule has 150 valence electrons. The van der Waals surface area contributed by atoms with E-state index in [0.717, 1.165) is 22.3 Å². The molecule has 0 saturated carbocycles. The van der Waals surface area contributed by atoms with Gasteiger partial charge in [0.2, 0.25) is 5.91 Å². The number of nitrogens with zero attached hydrogens (tertiary/aromatic N) is 2. The Morgan fingerprint density at radius 1 is 0.871 bits per heavy atom. The maximum Gasteiger partial charge on any atom is 0.221 e. The first-order chi connectivity index (χ1) is 15.0. The zero-order valence-electron chi connectivity index (χ0n) is 17.0. The summed E-state index contributed by atoms with van der Waals surface area (Å²) in [5.41, 5.74) is 12.5. The summed E-state index contributed by atoms with van der Waals surface area (Å²) in [6.07, 6.45) is 0. The standard InChI is InChI=1S/C26H20N4O/c1-17(31)29-22-13-11-20(12-14-22)23-15-25(30-26(28)24(23)16-27)21-9-7-19(8-10-21)18-5-3-2-4-6-18/h2-15H,1H3,(H2,28,30)(H,29,31). The number of rotatable bonds is 4. The van der Waals surface area contributed by atoms with Crippen molar-refractivity contribution in [3.8, 4) is 39.6 Å². The number of nitriles is 1. The zero-order valence-corrected chi connectivity index (χ0v) is 17.0. The third kappa shape index (κ3) is 4.29. The van der Waals surface area contributed by atoms with Gasteiger partial charge in [0.25, 0.3) is 0 Å². The van der Waals surface area contributed by atoms with Gasteiger partial charge in [-0.15, -0.1) is 0 Å². The molecule has 31 heavy (non-hydrogen) atoms. The lowest BCUT2D eigenvalue weighted by atomic mass is 9.97. The van der Waals surface area contributed by atoms with Crippen LogP contribution in [0, 0.1) is 11.3 Å². The molecule has 4 aromatic rings. The summed E-state index contributed by atoms with van der Waals surface area (Å²) >= 11 is 0. The van der Waals surface area contributed by atoms with Crippen molar-refractivity contribution in [1.29, 1.82) is 5.26 Å². The van der Waals surface area contributed by atoms with Gasteiger partial charge in [-0.2, -0.15) is 5.26 Å². The van der Waals surface area contributed by atoms with Gasteiger partial charge in [-0.05, 0) is 34.9 Å². The molecule has 0 atom stereocenters. The monoisotopic (exact) mass is 404 g/mol. The summed E-state index contributed by atoms with van der Waals surface area (Å²) in [6.45, 7) is 1.46. The van der Waals surface area contributed by atoms with Gasteiger partial charge >= 0.3 is 0 Å². The normalized spacial score (nSPS) is 10.3. The van der Waals surface area contributed by atoms with Crippen LogP contribution < -0.4 is 11.1 Å². The highest BCUT2D eigenvalue weighted by Crippen LogP contribution is 2.32. The fraction of sp³-hybridized carbons (Fsp3) is 0.0385. The topological polar surface area (TPSA) is 91.8 Å². The molecule has 0 aliphatic rings. The Kier molecular flexibility index (Phi) is 5.46. The minimum absolute atomic E-state index is 0.139. The lowest BCUT2D eigenvalue weighted by Gasteiger charge is -2.11. The average molecular weight is 404 g/mol. The van der Waals surface area contributed by atoms with Gasteiger partial charge in [0.15, 0.2) is 0 Å². The highest BCUT2D eigenvalue weighted by atomic mass is 16.1. The van der Waals surface area contributed by atoms with Crippen LogP contribution >= 0.6 is 0 Å². The van der Waals surface area contributed by atoms with Crippen LogP contribution in [0.15, 0.2) is 84.9 Å². The van der Waals surface area contributed by atoms with E-state index < -0.39 is 0 Å². The number of hydrogen-bond acceptors (Lipinski definition) is 4. The van der Waals surface area contributed by atoms with Crippen molar-refractivity contribution >= 4 is 17.4 Å². The van der Waals surface area contributed by atoms with Crippen molar-refractivity contribution < 1.29 is 4.79 Å². The van der Waals surface area contributed by atoms with Crippen LogP contribution in [0.25, 0.3) is 33.5 Å². The number of nitrogens with one attached hydrogen (secondary N) is 1. The number of nitrogens with two attached hydrogens (primary N) is 1. The molecule has 0 bridgehead atoms. The molecule has 5 heteroatoms. The lowest BCUT2D eigenvalue weighted by molar-refractivity contribution is -0.114. The molecular formula is C26H20N4O. The molecule has 0 unspecified atom stereocenters. The van der Waals surface area contributed by atoms with Crippen molar-refractivity contribution in [3.63, 3.8) is 0 Å². The molecule has 0 fully saturated rings. The third-order valence-corrected chi connectivity index (χ3v) is 4.96. The molecule has 0 radical (unpaired) electrons. The minimum Gasteiger partial charge on any atom is -0.383 e. The maximum absolute atomic E-state index is 11.3. The van der Waals surface area contributed by atoms with E-state index in [1.165, 1.54) is 6.92 Å². The van der Waals surface area contributed by atoms with Gasteiger partial charge in [-0.25, -0.2) is 4.98 Å². The van der Waals surface area contributed by atoms with E-state index in [-0.39, 0.29) is 11.7 Å². The molecule has 1 heterocycles. The van der Waals surface area contributed by atoms with E-state index in [9.17, 15) is 10.1 Å². The van der Waals surface area contributed by atoms with Gasteiger partial charge in [-0.3, -0.25) is 4.79 Å². The molecule has 0 spiro atoms. The van der Waals surface area contributed by atoms with Crippen molar-refractivity contribution in [3.05, 3.63) is 90.5 Å². The highest BCUT2D eigenvalue weighted by molar-refractivity contribution is 5.89. The van der Waals surface area contributed by atoms with Crippen LogP contribution in [0.2, 0.25) is 0 Å². The number of carbonyl (C=O) groups is 1. The van der Waals surface area contributed by atoms with Gasteiger partial charge in [0.05, 0.1) is 5.69 Å². The molecule has 0 saturated heterocycles. The summed E-state index contributed by atoms with van der Waals surface area (Å²) in [5.74, 6) is 0.0490. The lowest BCUT2D eigenvalue weighted by Crippen LogP contribution is -2.05. The summed E-state index contributed by atoms with van der Waals surface area (Å²) in [5, 5.41) is 12.4. The maximum atomic E-state index is 11.3. The second-order valence-corrected chi connectivity index (χ2v) is 7.13. The largest absolute Gasteiger partial charge is 0.383 e. The SMILES string of the molecule is CC(=O)Nc1ccc(-c2cc(-c3ccc(-c4ccccc4)cc3)nc(N)c2C#N)cc1.